The van der Waals surface area contributed by atoms with Gasteiger partial charge in [0.1, 0.15) is 0 Å². The molecule has 3 nitrogen and oxygen atoms in total. The number of rotatable bonds is 2. The van der Waals surface area contributed by atoms with E-state index in [9.17, 15) is 0 Å². The summed E-state index contributed by atoms with van der Waals surface area (Å²) in [5.74, 6) is 0. The van der Waals surface area contributed by atoms with Crippen LogP contribution in [0.5, 0.6) is 0 Å². The number of nitrogens with zero attached hydrogens (tertiary/aromatic N) is 3. The highest BCUT2D eigenvalue weighted by Gasteiger charge is 2.15. The van der Waals surface area contributed by atoms with Gasteiger partial charge in [-0.25, -0.2) is 0 Å². The van der Waals surface area contributed by atoms with Crippen molar-refractivity contribution in [3.63, 3.8) is 0 Å². The van der Waals surface area contributed by atoms with Gasteiger partial charge >= 0.3 is 0 Å². The monoisotopic (exact) mass is 215 g/mol. The molecule has 1 aromatic heterocycles. The second-order valence-electron chi connectivity index (χ2n) is 5.15. The van der Waals surface area contributed by atoms with Crippen LogP contribution in [-0.2, 0) is 11.8 Å². The number of hydrogen-bond acceptors (Lipinski definition) is 3. The Bertz CT molecular complexity index is 421. The lowest BCUT2D eigenvalue weighted by atomic mass is 9.91. The molecule has 1 aromatic rings. The molecule has 0 saturated heterocycles. The summed E-state index contributed by atoms with van der Waals surface area (Å²) in [7, 11) is 0. The van der Waals surface area contributed by atoms with Gasteiger partial charge in [0.05, 0.1) is 5.71 Å². The topological polar surface area (TPSA) is 37.6 Å². The Morgan fingerprint density at radius 1 is 1.25 bits per heavy atom. The Labute approximate surface area is 96.3 Å². The zero-order valence-electron chi connectivity index (χ0n) is 10.1. The maximum atomic E-state index is 4.50. The highest BCUT2D eigenvalue weighted by molar-refractivity contribution is 5.99. The Morgan fingerprint density at radius 3 is 2.56 bits per heavy atom. The van der Waals surface area contributed by atoms with E-state index in [0.717, 1.165) is 24.2 Å². The normalized spacial score (nSPS) is 15.3. The third-order valence-electron chi connectivity index (χ3n) is 2.61. The standard InChI is InChI=1S/C13H17N3/c1-13(2,3)12-5-4-10(9-14-12)8-11-6-7-15-16-11/h4-5,7,9H,6,8H2,1-3H3. The fourth-order valence-corrected chi connectivity index (χ4v) is 1.63. The van der Waals surface area contributed by atoms with Crippen molar-refractivity contribution >= 4 is 11.9 Å². The summed E-state index contributed by atoms with van der Waals surface area (Å²) in [4.78, 5) is 4.50. The first-order chi connectivity index (χ1) is 7.55. The van der Waals surface area contributed by atoms with Crippen molar-refractivity contribution in [2.45, 2.75) is 39.0 Å². The summed E-state index contributed by atoms with van der Waals surface area (Å²) in [5, 5.41) is 7.92. The minimum Gasteiger partial charge on any atom is -0.260 e. The third kappa shape index (κ3) is 2.54. The van der Waals surface area contributed by atoms with Gasteiger partial charge in [-0.2, -0.15) is 10.2 Å². The molecule has 84 valence electrons. The molecule has 0 bridgehead atoms. The lowest BCUT2D eigenvalue weighted by molar-refractivity contribution is 0.568. The first-order valence-corrected chi connectivity index (χ1v) is 5.58. The summed E-state index contributed by atoms with van der Waals surface area (Å²) >= 11 is 0. The van der Waals surface area contributed by atoms with E-state index in [2.05, 4.69) is 48.1 Å². The van der Waals surface area contributed by atoms with Gasteiger partial charge in [0, 0.05) is 36.4 Å². The van der Waals surface area contributed by atoms with E-state index in [1.54, 1.807) is 0 Å². The summed E-state index contributed by atoms with van der Waals surface area (Å²) in [6, 6.07) is 4.24. The molecule has 16 heavy (non-hydrogen) atoms. The molecule has 0 aliphatic carbocycles. The van der Waals surface area contributed by atoms with Crippen molar-refractivity contribution in [2.24, 2.45) is 10.2 Å². The van der Waals surface area contributed by atoms with E-state index >= 15 is 0 Å². The second-order valence-corrected chi connectivity index (χ2v) is 5.15. The van der Waals surface area contributed by atoms with Crippen LogP contribution in [0.1, 0.15) is 38.4 Å². The molecule has 0 aromatic carbocycles. The first-order valence-electron chi connectivity index (χ1n) is 5.58. The molecule has 0 atom stereocenters. The Hall–Kier alpha value is -1.51. The number of aromatic nitrogens is 1. The van der Waals surface area contributed by atoms with Crippen LogP contribution in [0.4, 0.5) is 0 Å². The molecule has 0 amide bonds. The van der Waals surface area contributed by atoms with Crippen LogP contribution in [0.15, 0.2) is 28.5 Å². The first kappa shape index (κ1) is 11.0. The largest absolute Gasteiger partial charge is 0.260 e. The average molecular weight is 215 g/mol. The van der Waals surface area contributed by atoms with Gasteiger partial charge in [-0.3, -0.25) is 4.98 Å². The molecule has 0 fully saturated rings. The predicted octanol–water partition coefficient (Wildman–Crippen LogP) is 2.75. The van der Waals surface area contributed by atoms with E-state index in [1.807, 2.05) is 12.4 Å². The van der Waals surface area contributed by atoms with E-state index in [4.69, 9.17) is 0 Å². The van der Waals surface area contributed by atoms with Crippen LogP contribution >= 0.6 is 0 Å². The number of hydrogen-bond donors (Lipinski definition) is 0. The molecular weight excluding hydrogens is 198 g/mol. The SMILES string of the molecule is CC(C)(C)c1ccc(CC2=NN=CC2)cn1. The van der Waals surface area contributed by atoms with Gasteiger partial charge in [-0.15, -0.1) is 0 Å². The molecule has 1 aliphatic rings. The average Bonchev–Trinajstić information content (AvgIpc) is 2.70. The van der Waals surface area contributed by atoms with Crippen molar-refractivity contribution in [2.75, 3.05) is 0 Å². The lowest BCUT2D eigenvalue weighted by Gasteiger charge is -2.17. The molecule has 0 saturated carbocycles. The van der Waals surface area contributed by atoms with Crippen LogP contribution in [-0.4, -0.2) is 16.9 Å². The van der Waals surface area contributed by atoms with Crippen molar-refractivity contribution in [1.29, 1.82) is 0 Å². The Kier molecular flexibility index (Phi) is 2.86. The molecule has 2 rings (SSSR count). The van der Waals surface area contributed by atoms with Crippen molar-refractivity contribution in [1.82, 2.24) is 4.98 Å². The summed E-state index contributed by atoms with van der Waals surface area (Å²) in [5.41, 5.74) is 3.57. The highest BCUT2D eigenvalue weighted by atomic mass is 15.2. The Morgan fingerprint density at radius 2 is 2.06 bits per heavy atom. The molecule has 0 N–H and O–H groups in total. The maximum Gasteiger partial charge on any atom is 0.0503 e. The van der Waals surface area contributed by atoms with E-state index in [0.29, 0.717) is 0 Å². The molecular formula is C13H17N3. The summed E-state index contributed by atoms with van der Waals surface area (Å²) < 4.78 is 0. The van der Waals surface area contributed by atoms with Crippen LogP contribution < -0.4 is 0 Å². The van der Waals surface area contributed by atoms with Gasteiger partial charge in [0.15, 0.2) is 0 Å². The van der Waals surface area contributed by atoms with Crippen LogP contribution in [0, 0.1) is 0 Å². The van der Waals surface area contributed by atoms with Gasteiger partial charge in [-0.1, -0.05) is 26.8 Å². The smallest absolute Gasteiger partial charge is 0.0503 e. The highest BCUT2D eigenvalue weighted by Crippen LogP contribution is 2.19. The minimum absolute atomic E-state index is 0.118. The molecule has 0 unspecified atom stereocenters. The molecule has 1 aliphatic heterocycles. The predicted molar refractivity (Wildman–Crippen MR) is 67.2 cm³/mol. The second kappa shape index (κ2) is 4.16. The fourth-order valence-electron chi connectivity index (χ4n) is 1.63. The summed E-state index contributed by atoms with van der Waals surface area (Å²) in [6.45, 7) is 6.51. The van der Waals surface area contributed by atoms with Crippen molar-refractivity contribution in [3.8, 4) is 0 Å². The van der Waals surface area contributed by atoms with E-state index < -0.39 is 0 Å². The minimum atomic E-state index is 0.118. The van der Waals surface area contributed by atoms with E-state index in [1.165, 1.54) is 5.56 Å². The quantitative estimate of drug-likeness (QED) is 0.747. The lowest BCUT2D eigenvalue weighted by Crippen LogP contribution is -2.13. The molecule has 0 radical (unpaired) electrons. The fraction of sp³-hybridized carbons (Fsp3) is 0.462. The van der Waals surface area contributed by atoms with Crippen LogP contribution in [0.2, 0.25) is 0 Å². The summed E-state index contributed by atoms with van der Waals surface area (Å²) in [6.07, 6.45) is 5.52. The molecule has 3 heteroatoms. The molecule has 2 heterocycles. The van der Waals surface area contributed by atoms with Gasteiger partial charge in [-0.05, 0) is 11.6 Å². The van der Waals surface area contributed by atoms with Gasteiger partial charge in [0.25, 0.3) is 0 Å². The van der Waals surface area contributed by atoms with Crippen LogP contribution in [0.3, 0.4) is 0 Å². The number of pyridine rings is 1. The Balaban J connectivity index is 2.08. The third-order valence-corrected chi connectivity index (χ3v) is 2.61. The maximum absolute atomic E-state index is 4.50. The zero-order valence-corrected chi connectivity index (χ0v) is 10.1. The molecule has 0 spiro atoms. The van der Waals surface area contributed by atoms with Crippen molar-refractivity contribution in [3.05, 3.63) is 29.6 Å². The van der Waals surface area contributed by atoms with E-state index in [-0.39, 0.29) is 5.41 Å². The van der Waals surface area contributed by atoms with Gasteiger partial charge in [0.2, 0.25) is 0 Å². The van der Waals surface area contributed by atoms with Crippen LogP contribution in [0.25, 0.3) is 0 Å². The van der Waals surface area contributed by atoms with Crippen molar-refractivity contribution < 1.29 is 0 Å². The van der Waals surface area contributed by atoms with Gasteiger partial charge < -0.3 is 0 Å². The zero-order chi connectivity index (χ0) is 11.6.